The first-order valence-corrected chi connectivity index (χ1v) is 7.21. The van der Waals surface area contributed by atoms with Gasteiger partial charge in [0.25, 0.3) is 0 Å². The van der Waals surface area contributed by atoms with Crippen molar-refractivity contribution in [2.24, 2.45) is 0 Å². The molecule has 0 radical (unpaired) electrons. The zero-order valence-corrected chi connectivity index (χ0v) is 12.2. The van der Waals surface area contributed by atoms with E-state index in [1.165, 1.54) is 0 Å². The Balaban J connectivity index is 1.98. The summed E-state index contributed by atoms with van der Waals surface area (Å²) < 4.78 is 10.6. The number of hydrogen-bond acceptors (Lipinski definition) is 8. The van der Waals surface area contributed by atoms with E-state index in [-0.39, 0.29) is 11.4 Å². The molecule has 2 saturated heterocycles. The lowest BCUT2D eigenvalue weighted by Crippen LogP contribution is -2.39. The molecular formula is C14H16N6O2. The van der Waals surface area contributed by atoms with Crippen LogP contribution in [0.3, 0.4) is 0 Å². The molecule has 0 aliphatic carbocycles. The molecule has 0 unspecified atom stereocenters. The normalized spacial score (nSPS) is 18.6. The van der Waals surface area contributed by atoms with Gasteiger partial charge in [-0.25, -0.2) is 9.97 Å². The SMILES string of the molecule is N#Cc1nc(N2CCOCC2)c(C#N)nc1N1CCOCC1. The molecule has 22 heavy (non-hydrogen) atoms. The summed E-state index contributed by atoms with van der Waals surface area (Å²) in [4.78, 5) is 12.7. The molecule has 1 aromatic heterocycles. The number of anilines is 2. The predicted octanol–water partition coefficient (Wildman–Crippen LogP) is -0.107. The van der Waals surface area contributed by atoms with E-state index in [9.17, 15) is 10.5 Å². The number of hydrogen-bond donors (Lipinski definition) is 0. The minimum absolute atomic E-state index is 0.252. The third-order valence-electron chi connectivity index (χ3n) is 3.69. The number of nitrogens with zero attached hydrogens (tertiary/aromatic N) is 6. The van der Waals surface area contributed by atoms with Gasteiger partial charge in [-0.1, -0.05) is 0 Å². The Morgan fingerprint density at radius 2 is 1.09 bits per heavy atom. The molecular weight excluding hydrogens is 284 g/mol. The van der Waals surface area contributed by atoms with Gasteiger partial charge >= 0.3 is 0 Å². The van der Waals surface area contributed by atoms with Crippen molar-refractivity contribution >= 4 is 11.6 Å². The molecule has 2 aliphatic heterocycles. The van der Waals surface area contributed by atoms with Crippen molar-refractivity contribution in [1.82, 2.24) is 9.97 Å². The molecule has 2 fully saturated rings. The van der Waals surface area contributed by atoms with Crippen molar-refractivity contribution in [3.8, 4) is 12.1 Å². The second-order valence-electron chi connectivity index (χ2n) is 4.99. The summed E-state index contributed by atoms with van der Waals surface area (Å²) in [5.41, 5.74) is 0.504. The van der Waals surface area contributed by atoms with Gasteiger partial charge in [-0.15, -0.1) is 0 Å². The summed E-state index contributed by atoms with van der Waals surface area (Å²) in [6, 6.07) is 4.20. The summed E-state index contributed by atoms with van der Waals surface area (Å²) in [6.45, 7) is 4.91. The highest BCUT2D eigenvalue weighted by Crippen LogP contribution is 2.24. The molecule has 3 heterocycles. The second kappa shape index (κ2) is 6.56. The van der Waals surface area contributed by atoms with E-state index in [0.717, 1.165) is 0 Å². The van der Waals surface area contributed by atoms with Crippen LogP contribution in [0.15, 0.2) is 0 Å². The van der Waals surface area contributed by atoms with E-state index in [0.29, 0.717) is 64.2 Å². The zero-order chi connectivity index (χ0) is 15.4. The number of morpholine rings is 2. The van der Waals surface area contributed by atoms with Crippen molar-refractivity contribution in [2.75, 3.05) is 62.4 Å². The van der Waals surface area contributed by atoms with Crippen molar-refractivity contribution < 1.29 is 9.47 Å². The lowest BCUT2D eigenvalue weighted by molar-refractivity contribution is 0.121. The van der Waals surface area contributed by atoms with Crippen molar-refractivity contribution in [3.05, 3.63) is 11.4 Å². The van der Waals surface area contributed by atoms with Crippen LogP contribution in [0.2, 0.25) is 0 Å². The van der Waals surface area contributed by atoms with Gasteiger partial charge in [0, 0.05) is 26.2 Å². The van der Waals surface area contributed by atoms with E-state index in [1.807, 2.05) is 9.80 Å². The highest BCUT2D eigenvalue weighted by atomic mass is 16.5. The summed E-state index contributed by atoms with van der Waals surface area (Å²) in [7, 11) is 0. The summed E-state index contributed by atoms with van der Waals surface area (Å²) >= 11 is 0. The Kier molecular flexibility index (Phi) is 4.33. The molecule has 0 N–H and O–H groups in total. The van der Waals surface area contributed by atoms with Crippen LogP contribution in [-0.4, -0.2) is 62.6 Å². The van der Waals surface area contributed by atoms with Gasteiger partial charge in [0.05, 0.1) is 26.4 Å². The third-order valence-corrected chi connectivity index (χ3v) is 3.69. The number of rotatable bonds is 2. The quantitative estimate of drug-likeness (QED) is 0.746. The topological polar surface area (TPSA) is 98.3 Å². The Labute approximate surface area is 128 Å². The van der Waals surface area contributed by atoms with Crippen LogP contribution < -0.4 is 9.80 Å². The Morgan fingerprint density at radius 1 is 0.727 bits per heavy atom. The number of ether oxygens (including phenoxy) is 2. The second-order valence-corrected chi connectivity index (χ2v) is 4.99. The van der Waals surface area contributed by atoms with Crippen LogP contribution in [0.4, 0.5) is 11.6 Å². The van der Waals surface area contributed by atoms with Gasteiger partial charge in [0.1, 0.15) is 12.1 Å². The molecule has 114 valence electrons. The molecule has 8 heteroatoms. The summed E-state index contributed by atoms with van der Waals surface area (Å²) in [6.07, 6.45) is 0. The van der Waals surface area contributed by atoms with E-state index >= 15 is 0 Å². The van der Waals surface area contributed by atoms with E-state index in [2.05, 4.69) is 22.1 Å². The minimum Gasteiger partial charge on any atom is -0.378 e. The summed E-state index contributed by atoms with van der Waals surface area (Å²) in [5, 5.41) is 18.8. The van der Waals surface area contributed by atoms with Crippen LogP contribution in [0.25, 0.3) is 0 Å². The molecule has 0 atom stereocenters. The maximum Gasteiger partial charge on any atom is 0.185 e. The Morgan fingerprint density at radius 3 is 1.41 bits per heavy atom. The first kappa shape index (κ1) is 14.5. The monoisotopic (exact) mass is 300 g/mol. The fourth-order valence-electron chi connectivity index (χ4n) is 2.56. The van der Waals surface area contributed by atoms with Crippen molar-refractivity contribution in [3.63, 3.8) is 0 Å². The lowest BCUT2D eigenvalue weighted by Gasteiger charge is -2.31. The highest BCUT2D eigenvalue weighted by Gasteiger charge is 2.24. The summed E-state index contributed by atoms with van der Waals surface area (Å²) in [5.74, 6) is 0.943. The Hall–Kier alpha value is -2.42. The van der Waals surface area contributed by atoms with Gasteiger partial charge < -0.3 is 19.3 Å². The molecule has 0 saturated carbocycles. The zero-order valence-electron chi connectivity index (χ0n) is 12.2. The molecule has 0 aromatic carbocycles. The van der Waals surface area contributed by atoms with Gasteiger partial charge in [-0.3, -0.25) is 0 Å². The van der Waals surface area contributed by atoms with Gasteiger partial charge in [0.15, 0.2) is 23.0 Å². The highest BCUT2D eigenvalue weighted by molar-refractivity contribution is 5.60. The fourth-order valence-corrected chi connectivity index (χ4v) is 2.56. The minimum atomic E-state index is 0.252. The van der Waals surface area contributed by atoms with Crippen molar-refractivity contribution in [1.29, 1.82) is 10.5 Å². The average Bonchev–Trinajstić information content (AvgIpc) is 2.62. The largest absolute Gasteiger partial charge is 0.378 e. The first-order valence-electron chi connectivity index (χ1n) is 7.21. The smallest absolute Gasteiger partial charge is 0.185 e. The van der Waals surface area contributed by atoms with Crippen LogP contribution in [-0.2, 0) is 9.47 Å². The van der Waals surface area contributed by atoms with Gasteiger partial charge in [-0.2, -0.15) is 10.5 Å². The van der Waals surface area contributed by atoms with E-state index in [4.69, 9.17) is 9.47 Å². The maximum absolute atomic E-state index is 9.40. The molecule has 8 nitrogen and oxygen atoms in total. The van der Waals surface area contributed by atoms with Crippen molar-refractivity contribution in [2.45, 2.75) is 0 Å². The van der Waals surface area contributed by atoms with E-state index < -0.39 is 0 Å². The third kappa shape index (κ3) is 2.80. The first-order chi connectivity index (χ1) is 10.8. The van der Waals surface area contributed by atoms with Crippen LogP contribution in [0.1, 0.15) is 11.4 Å². The predicted molar refractivity (Wildman–Crippen MR) is 77.5 cm³/mol. The fraction of sp³-hybridized carbons (Fsp3) is 0.571. The number of aromatic nitrogens is 2. The van der Waals surface area contributed by atoms with Gasteiger partial charge in [0.2, 0.25) is 0 Å². The van der Waals surface area contributed by atoms with Crippen LogP contribution >= 0.6 is 0 Å². The standard InChI is InChI=1S/C14H16N6O2/c15-9-11-13(19-1-5-21-6-2-19)17-12(10-16)14(18-11)20-3-7-22-8-4-20/h1-8H2. The molecule has 0 spiro atoms. The molecule has 0 bridgehead atoms. The van der Waals surface area contributed by atoms with Gasteiger partial charge in [-0.05, 0) is 0 Å². The lowest BCUT2D eigenvalue weighted by atomic mass is 10.3. The van der Waals surface area contributed by atoms with E-state index in [1.54, 1.807) is 0 Å². The molecule has 0 amide bonds. The van der Waals surface area contributed by atoms with Crippen LogP contribution in [0.5, 0.6) is 0 Å². The molecule has 2 aliphatic rings. The van der Waals surface area contributed by atoms with Crippen LogP contribution in [0, 0.1) is 22.7 Å². The Bertz CT molecular complexity index is 568. The average molecular weight is 300 g/mol. The number of nitriles is 2. The molecule has 1 aromatic rings. The molecule has 3 rings (SSSR count). The maximum atomic E-state index is 9.40.